The first-order chi connectivity index (χ1) is 10.6. The first-order valence-electron chi connectivity index (χ1n) is 8.28. The summed E-state index contributed by atoms with van der Waals surface area (Å²) in [6, 6.07) is 8.62. The highest BCUT2D eigenvalue weighted by atomic mass is 32.2. The lowest BCUT2D eigenvalue weighted by Gasteiger charge is -2.28. The number of hydrogen-bond donors (Lipinski definition) is 1. The van der Waals surface area contributed by atoms with Gasteiger partial charge in [0.2, 0.25) is 5.91 Å². The fourth-order valence-corrected chi connectivity index (χ4v) is 3.58. The van der Waals surface area contributed by atoms with Crippen molar-refractivity contribution in [3.05, 3.63) is 29.8 Å². The number of nitrogens with one attached hydrogen (secondary N) is 1. The molecule has 1 amide bonds. The van der Waals surface area contributed by atoms with Crippen molar-refractivity contribution in [2.75, 3.05) is 32.4 Å². The Kier molecular flexibility index (Phi) is 7.26. The summed E-state index contributed by atoms with van der Waals surface area (Å²) in [5, 5.41) is 3.07. The smallest absolute Gasteiger partial charge is 0.220 e. The van der Waals surface area contributed by atoms with Crippen LogP contribution in [0.1, 0.15) is 31.2 Å². The van der Waals surface area contributed by atoms with Gasteiger partial charge in [-0.05, 0) is 70.1 Å². The second-order valence-corrected chi connectivity index (χ2v) is 7.48. The Morgan fingerprint density at radius 3 is 2.64 bits per heavy atom. The van der Waals surface area contributed by atoms with Crippen molar-refractivity contribution in [2.45, 2.75) is 37.5 Å². The van der Waals surface area contributed by atoms with E-state index in [0.717, 1.165) is 44.6 Å². The van der Waals surface area contributed by atoms with E-state index in [4.69, 9.17) is 0 Å². The van der Waals surface area contributed by atoms with Crippen LogP contribution >= 0.6 is 11.8 Å². The van der Waals surface area contributed by atoms with Crippen LogP contribution in [0.15, 0.2) is 29.2 Å². The maximum atomic E-state index is 11.9. The summed E-state index contributed by atoms with van der Waals surface area (Å²) in [7, 11) is 2.15. The zero-order valence-corrected chi connectivity index (χ0v) is 14.6. The van der Waals surface area contributed by atoms with Crippen molar-refractivity contribution < 1.29 is 4.79 Å². The third kappa shape index (κ3) is 6.41. The van der Waals surface area contributed by atoms with Crippen LogP contribution in [-0.4, -0.2) is 43.2 Å². The van der Waals surface area contributed by atoms with Crippen LogP contribution in [0.5, 0.6) is 0 Å². The summed E-state index contributed by atoms with van der Waals surface area (Å²) in [5.74, 6) is 1.87. The van der Waals surface area contributed by atoms with Gasteiger partial charge in [-0.25, -0.2) is 0 Å². The predicted octanol–water partition coefficient (Wildman–Crippen LogP) is 3.33. The van der Waals surface area contributed by atoms with Gasteiger partial charge in [0.25, 0.3) is 0 Å². The van der Waals surface area contributed by atoms with Crippen LogP contribution in [0.4, 0.5) is 0 Å². The van der Waals surface area contributed by atoms with E-state index in [1.165, 1.54) is 10.5 Å². The summed E-state index contributed by atoms with van der Waals surface area (Å²) in [5.41, 5.74) is 1.30. The Labute approximate surface area is 138 Å². The van der Waals surface area contributed by atoms with E-state index in [0.29, 0.717) is 12.3 Å². The third-order valence-electron chi connectivity index (χ3n) is 4.25. The van der Waals surface area contributed by atoms with Crippen molar-refractivity contribution in [3.8, 4) is 0 Å². The number of nitrogens with zero attached hydrogens (tertiary/aromatic N) is 1. The van der Waals surface area contributed by atoms with Gasteiger partial charge in [-0.15, -0.1) is 11.8 Å². The highest BCUT2D eigenvalue weighted by Crippen LogP contribution is 2.20. The van der Waals surface area contributed by atoms with Gasteiger partial charge in [0.15, 0.2) is 0 Å². The number of aryl methyl sites for hydroxylation is 1. The number of piperidine rings is 1. The van der Waals surface area contributed by atoms with Crippen molar-refractivity contribution in [2.24, 2.45) is 5.92 Å². The van der Waals surface area contributed by atoms with E-state index in [9.17, 15) is 4.79 Å². The van der Waals surface area contributed by atoms with Gasteiger partial charge in [-0.2, -0.15) is 0 Å². The lowest BCUT2D eigenvalue weighted by molar-refractivity contribution is -0.122. The number of hydrogen-bond acceptors (Lipinski definition) is 3. The SMILES string of the molecule is Cc1ccc(SCCCNC(=O)CC2CCN(C)CC2)cc1. The fraction of sp³-hybridized carbons (Fsp3) is 0.611. The number of carbonyl (C=O) groups excluding carboxylic acids is 1. The molecule has 1 saturated heterocycles. The number of amides is 1. The first kappa shape index (κ1) is 17.4. The molecule has 0 unspecified atom stereocenters. The molecule has 1 fully saturated rings. The largest absolute Gasteiger partial charge is 0.356 e. The molecule has 0 radical (unpaired) electrons. The lowest BCUT2D eigenvalue weighted by atomic mass is 9.93. The second kappa shape index (κ2) is 9.21. The molecule has 4 heteroatoms. The normalized spacial score (nSPS) is 16.6. The minimum atomic E-state index is 0.231. The molecule has 1 N–H and O–H groups in total. The van der Waals surface area contributed by atoms with E-state index in [-0.39, 0.29) is 5.91 Å². The molecule has 0 aromatic heterocycles. The van der Waals surface area contributed by atoms with Gasteiger partial charge in [0.1, 0.15) is 0 Å². The zero-order valence-electron chi connectivity index (χ0n) is 13.8. The molecular weight excluding hydrogens is 292 g/mol. The minimum Gasteiger partial charge on any atom is -0.356 e. The summed E-state index contributed by atoms with van der Waals surface area (Å²) < 4.78 is 0. The molecule has 1 heterocycles. The van der Waals surface area contributed by atoms with E-state index < -0.39 is 0 Å². The summed E-state index contributed by atoms with van der Waals surface area (Å²) >= 11 is 1.86. The second-order valence-electron chi connectivity index (χ2n) is 6.32. The van der Waals surface area contributed by atoms with Crippen LogP contribution in [0.25, 0.3) is 0 Å². The Balaban J connectivity index is 1.52. The minimum absolute atomic E-state index is 0.231. The van der Waals surface area contributed by atoms with Crippen molar-refractivity contribution >= 4 is 17.7 Å². The Morgan fingerprint density at radius 2 is 1.95 bits per heavy atom. The maximum absolute atomic E-state index is 11.9. The standard InChI is InChI=1S/C18H28N2OS/c1-15-4-6-17(7-5-15)22-13-3-10-19-18(21)14-16-8-11-20(2)12-9-16/h4-7,16H,3,8-14H2,1-2H3,(H,19,21). The molecule has 3 nitrogen and oxygen atoms in total. The molecule has 1 aromatic rings. The van der Waals surface area contributed by atoms with Gasteiger partial charge in [-0.3, -0.25) is 4.79 Å². The van der Waals surface area contributed by atoms with Gasteiger partial charge >= 0.3 is 0 Å². The average Bonchev–Trinajstić information content (AvgIpc) is 2.51. The summed E-state index contributed by atoms with van der Waals surface area (Å²) in [6.07, 6.45) is 4.05. The zero-order chi connectivity index (χ0) is 15.8. The molecule has 0 aliphatic carbocycles. The van der Waals surface area contributed by atoms with E-state index >= 15 is 0 Å². The quantitative estimate of drug-likeness (QED) is 0.618. The van der Waals surface area contributed by atoms with Crippen LogP contribution in [0.2, 0.25) is 0 Å². The van der Waals surface area contributed by atoms with Gasteiger partial charge in [0.05, 0.1) is 0 Å². The highest BCUT2D eigenvalue weighted by molar-refractivity contribution is 7.99. The van der Waals surface area contributed by atoms with Crippen LogP contribution in [-0.2, 0) is 4.79 Å². The molecule has 0 spiro atoms. The molecular formula is C18H28N2OS. The molecule has 2 rings (SSSR count). The number of benzene rings is 1. The molecule has 0 bridgehead atoms. The lowest BCUT2D eigenvalue weighted by Crippen LogP contribution is -2.33. The number of likely N-dealkylation sites (tertiary alicyclic amines) is 1. The molecule has 1 aliphatic heterocycles. The summed E-state index contributed by atoms with van der Waals surface area (Å²) in [6.45, 7) is 5.16. The Morgan fingerprint density at radius 1 is 1.27 bits per heavy atom. The molecule has 0 saturated carbocycles. The molecule has 0 atom stereocenters. The third-order valence-corrected chi connectivity index (χ3v) is 5.34. The molecule has 122 valence electrons. The maximum Gasteiger partial charge on any atom is 0.220 e. The van der Waals surface area contributed by atoms with Crippen LogP contribution in [0, 0.1) is 12.8 Å². The van der Waals surface area contributed by atoms with Gasteiger partial charge < -0.3 is 10.2 Å². The van der Waals surface area contributed by atoms with Crippen LogP contribution in [0.3, 0.4) is 0 Å². The molecule has 22 heavy (non-hydrogen) atoms. The topological polar surface area (TPSA) is 32.3 Å². The van der Waals surface area contributed by atoms with Gasteiger partial charge in [-0.1, -0.05) is 17.7 Å². The predicted molar refractivity (Wildman–Crippen MR) is 94.4 cm³/mol. The van der Waals surface area contributed by atoms with Crippen molar-refractivity contribution in [3.63, 3.8) is 0 Å². The Hall–Kier alpha value is -1.00. The fourth-order valence-electron chi connectivity index (χ4n) is 2.73. The number of thioether (sulfide) groups is 1. The molecule has 1 aromatic carbocycles. The van der Waals surface area contributed by atoms with E-state index in [1.54, 1.807) is 0 Å². The van der Waals surface area contributed by atoms with Crippen molar-refractivity contribution in [1.82, 2.24) is 10.2 Å². The average molecular weight is 321 g/mol. The highest BCUT2D eigenvalue weighted by Gasteiger charge is 2.19. The van der Waals surface area contributed by atoms with E-state index in [1.807, 2.05) is 11.8 Å². The van der Waals surface area contributed by atoms with E-state index in [2.05, 4.69) is 48.5 Å². The molecule has 1 aliphatic rings. The first-order valence-corrected chi connectivity index (χ1v) is 9.27. The number of carbonyl (C=O) groups is 1. The van der Waals surface area contributed by atoms with Gasteiger partial charge in [0, 0.05) is 17.9 Å². The van der Waals surface area contributed by atoms with Crippen LogP contribution < -0.4 is 5.32 Å². The summed E-state index contributed by atoms with van der Waals surface area (Å²) in [4.78, 5) is 15.6. The Bertz CT molecular complexity index is 453. The monoisotopic (exact) mass is 320 g/mol. The number of rotatable bonds is 7. The van der Waals surface area contributed by atoms with Crippen molar-refractivity contribution in [1.29, 1.82) is 0 Å².